The Morgan fingerprint density at radius 2 is 0.681 bits per heavy atom. The zero-order chi connectivity index (χ0) is 93.1. The zero-order valence-electron chi connectivity index (χ0n) is 76.0. The van der Waals surface area contributed by atoms with Crippen molar-refractivity contribution in [2.45, 2.75) is 169 Å². The van der Waals surface area contributed by atoms with Gasteiger partial charge >= 0.3 is 0 Å². The molecule has 28 heteroatoms. The van der Waals surface area contributed by atoms with Crippen LogP contribution in [0.2, 0.25) is 0 Å². The minimum atomic E-state index is -0.665. The maximum atomic E-state index is 15.3. The van der Waals surface area contributed by atoms with E-state index in [1.807, 2.05) is 129 Å². The molecule has 1 N–H and O–H groups in total. The molecule has 20 nitrogen and oxygen atoms in total. The van der Waals surface area contributed by atoms with E-state index in [2.05, 4.69) is 40.4 Å². The van der Waals surface area contributed by atoms with Crippen LogP contribution in [-0.4, -0.2) is 148 Å². The number of nitrogens with one attached hydrogen (secondary N) is 1. The van der Waals surface area contributed by atoms with Crippen LogP contribution in [0.5, 0.6) is 0 Å². The molecular weight excluding hydrogens is 1730 g/mol. The van der Waals surface area contributed by atoms with E-state index in [9.17, 15) is 32.3 Å². The number of hydrogen-bond donors (Lipinski definition) is 1. The van der Waals surface area contributed by atoms with Gasteiger partial charge in [-0.3, -0.25) is 52.6 Å². The molecule has 12 heterocycles. The van der Waals surface area contributed by atoms with Crippen molar-refractivity contribution in [2.24, 2.45) is 28.2 Å². The summed E-state index contributed by atoms with van der Waals surface area (Å²) < 4.78 is 127. The van der Waals surface area contributed by atoms with E-state index in [1.54, 1.807) is 73.2 Å². The minimum Gasteiger partial charge on any atom is -0.315 e. The molecule has 0 radical (unpaired) electrons. The van der Waals surface area contributed by atoms with Crippen LogP contribution in [0.25, 0.3) is 55.4 Å². The minimum absolute atomic E-state index is 0.00495. The monoisotopic (exact) mass is 1830 g/mol. The number of carbonyl (C=O) groups excluding carboxylic acids is 4. The molecule has 4 atom stereocenters. The van der Waals surface area contributed by atoms with Crippen molar-refractivity contribution in [1.82, 2.24) is 59.1 Å². The van der Waals surface area contributed by atoms with Crippen molar-refractivity contribution in [3.63, 3.8) is 0 Å². The van der Waals surface area contributed by atoms with E-state index in [1.165, 1.54) is 149 Å². The summed E-state index contributed by atoms with van der Waals surface area (Å²) in [6.45, 7) is 6.01. The van der Waals surface area contributed by atoms with Gasteiger partial charge in [0.15, 0.2) is 0 Å². The number of nitrogens with zero attached hydrogens (tertiary/aromatic N) is 15. The second-order valence-corrected chi connectivity index (χ2v) is 38.8. The van der Waals surface area contributed by atoms with Gasteiger partial charge in [0.25, 0.3) is 0 Å². The molecule has 11 aliphatic rings. The first-order chi connectivity index (χ1) is 65.4. The number of halogens is 8. The van der Waals surface area contributed by atoms with Crippen LogP contribution in [0, 0.1) is 46.5 Å². The van der Waals surface area contributed by atoms with Gasteiger partial charge in [-0.25, -0.2) is 35.1 Å². The van der Waals surface area contributed by atoms with Crippen molar-refractivity contribution < 1.29 is 54.3 Å². The lowest BCUT2D eigenvalue weighted by Crippen LogP contribution is -2.43. The largest absolute Gasteiger partial charge is 0.315 e. The molecule has 135 heavy (non-hydrogen) atoms. The molecule has 7 fully saturated rings. The van der Waals surface area contributed by atoms with Crippen LogP contribution < -0.4 is 24.9 Å². The van der Waals surface area contributed by atoms with E-state index < -0.39 is 68.2 Å². The number of aryl methyl sites for hydroxylation is 4. The Morgan fingerprint density at radius 3 is 1.02 bits per heavy atom. The van der Waals surface area contributed by atoms with E-state index >= 15 is 22.0 Å². The number of fused-ring (bicyclic) bond motifs is 9. The van der Waals surface area contributed by atoms with E-state index in [4.69, 9.17) is 0 Å². The van der Waals surface area contributed by atoms with Gasteiger partial charge in [0.1, 0.15) is 46.5 Å². The lowest BCUT2D eigenvalue weighted by Gasteiger charge is -2.27. The summed E-state index contributed by atoms with van der Waals surface area (Å²) in [5.74, 6) is -4.55. The van der Waals surface area contributed by atoms with Crippen LogP contribution in [0.15, 0.2) is 207 Å². The molecule has 0 bridgehead atoms. The van der Waals surface area contributed by atoms with Crippen molar-refractivity contribution in [1.29, 1.82) is 0 Å². The Hall–Kier alpha value is -12.8. The second kappa shape index (κ2) is 35.5. The number of rotatable bonds is 15. The number of para-hydroxylation sites is 4. The van der Waals surface area contributed by atoms with Gasteiger partial charge in [-0.05, 0) is 203 Å². The summed E-state index contributed by atoms with van der Waals surface area (Å²) in [6, 6.07) is 48.3. The lowest BCUT2D eigenvalue weighted by atomic mass is 9.81. The first kappa shape index (κ1) is 88.8. The van der Waals surface area contributed by atoms with Crippen molar-refractivity contribution >= 4 is 57.3 Å². The molecule has 4 unspecified atom stereocenters. The van der Waals surface area contributed by atoms with Gasteiger partial charge in [-0.1, -0.05) is 123 Å². The number of amides is 4. The van der Waals surface area contributed by atoms with E-state index in [-0.39, 0.29) is 88.8 Å². The Balaban J connectivity index is 0.000000108. The van der Waals surface area contributed by atoms with Gasteiger partial charge in [0.2, 0.25) is 23.6 Å². The molecule has 3 aliphatic carbocycles. The number of hydrogen-bond acceptors (Lipinski definition) is 12. The summed E-state index contributed by atoms with van der Waals surface area (Å²) in [7, 11) is 7.01. The quantitative estimate of drug-likeness (QED) is 0.0964. The van der Waals surface area contributed by atoms with Crippen LogP contribution in [0.3, 0.4) is 0 Å². The lowest BCUT2D eigenvalue weighted by molar-refractivity contribution is -0.123. The third-order valence-electron chi connectivity index (χ3n) is 30.9. The fourth-order valence-corrected chi connectivity index (χ4v) is 24.0. The highest BCUT2D eigenvalue weighted by molar-refractivity contribution is 6.11. The van der Waals surface area contributed by atoms with E-state index in [0.29, 0.717) is 78.5 Å². The molecule has 9 aromatic carbocycles. The van der Waals surface area contributed by atoms with Crippen LogP contribution in [0.4, 0.5) is 57.9 Å². The summed E-state index contributed by atoms with van der Waals surface area (Å²) in [4.78, 5) is 69.2. The molecule has 3 saturated carbocycles. The third kappa shape index (κ3) is 15.7. The third-order valence-corrected chi connectivity index (χ3v) is 30.9. The average molecular weight is 1830 g/mol. The molecule has 4 spiro atoms. The van der Waals surface area contributed by atoms with Gasteiger partial charge in [0.05, 0.1) is 71.9 Å². The fraction of sp³-hybridized carbons (Fsp3) is 0.364. The van der Waals surface area contributed by atoms with Crippen molar-refractivity contribution in [3.8, 4) is 44.5 Å². The SMILES string of the molecule is Cn1cc(-c2cc(F)c(CN3C(=O)C4(CCN(C5CCCC5)C4)c4ccccc43)cc2F)cn1.Cn1cc(-c2cc(F)c(CN3C(=O)C4(CCN(C5CCCC5)C4)c4ccccc43)cc2F)cn1.Cn1cc(-c2cc(F)c(CN3C(=O)C4(CCN(C5CCCC5)C4)c4ccccc43)cc2F)cn1.Cn1cc2c(-c3cc(F)c(CN4C(=O)C5(CCNC5)c5ccccc54)c(F)c3)cccc2n1. The number of likely N-dealkylation sites (tertiary alicyclic amines) is 3. The Morgan fingerprint density at radius 1 is 0.341 bits per heavy atom. The van der Waals surface area contributed by atoms with Gasteiger partial charge in [0, 0.05) is 181 Å². The van der Waals surface area contributed by atoms with Crippen LogP contribution in [-0.2, 0) is 95.2 Å². The van der Waals surface area contributed by atoms with E-state index in [0.717, 1.165) is 101 Å². The first-order valence-electron chi connectivity index (χ1n) is 47.3. The number of carbonyl (C=O) groups is 4. The van der Waals surface area contributed by atoms with Crippen molar-refractivity contribution in [3.05, 3.63) is 298 Å². The molecule has 4 amide bonds. The van der Waals surface area contributed by atoms with Crippen molar-refractivity contribution in [2.75, 3.05) is 72.0 Å². The first-order valence-corrected chi connectivity index (χ1v) is 47.3. The fourth-order valence-electron chi connectivity index (χ4n) is 24.0. The summed E-state index contributed by atoms with van der Waals surface area (Å²) in [5.41, 5.74) is 9.14. The molecule has 8 aliphatic heterocycles. The molecule has 13 aromatic rings. The van der Waals surface area contributed by atoms with Crippen LogP contribution >= 0.6 is 0 Å². The predicted molar refractivity (Wildman–Crippen MR) is 502 cm³/mol. The topological polar surface area (TPSA) is 174 Å². The van der Waals surface area contributed by atoms with Gasteiger partial charge < -0.3 is 24.9 Å². The number of benzene rings is 9. The molecule has 4 aromatic heterocycles. The highest BCUT2D eigenvalue weighted by Gasteiger charge is 2.59. The summed E-state index contributed by atoms with van der Waals surface area (Å²) in [5, 5.41) is 20.6. The summed E-state index contributed by atoms with van der Waals surface area (Å²) >= 11 is 0. The maximum absolute atomic E-state index is 15.3. The van der Waals surface area contributed by atoms with Crippen LogP contribution in [0.1, 0.15) is 147 Å². The Kier molecular flexibility index (Phi) is 23.3. The highest BCUT2D eigenvalue weighted by Crippen LogP contribution is 2.54. The Bertz CT molecular complexity index is 6330. The smallest absolute Gasteiger partial charge is 0.239 e. The molecule has 694 valence electrons. The molecular formula is C107H106F8N16O4. The Labute approximate surface area is 778 Å². The number of aromatic nitrogens is 8. The van der Waals surface area contributed by atoms with Gasteiger partial charge in [-0.15, -0.1) is 0 Å². The second-order valence-electron chi connectivity index (χ2n) is 38.8. The maximum Gasteiger partial charge on any atom is 0.239 e. The molecule has 4 saturated heterocycles. The standard InChI is InChI=1S/3C27H28F2N4O.C26H22F2N4O/c3*1-31-15-19(14-30-31)21-13-23(28)18(12-24(21)29)16-33-25-9-5-4-8-22(25)27(26(33)34)10-11-32(17-27)20-6-2-3-7-20;1-31-13-18-17(5-4-7-23(18)30-31)16-11-21(27)19(22(28)12-16)14-32-24-8-3-2-6-20(24)26(25(32)33)9-10-29-15-26/h3*4-5,8-9,12-15,20H,2-3,6-7,10-11,16-17H2,1H3;2-8,11-13,29H,9-10,14-15H2,1H3. The number of anilines is 4. The highest BCUT2D eigenvalue weighted by atomic mass is 19.2. The van der Waals surface area contributed by atoms with Gasteiger partial charge in [-0.2, -0.15) is 20.4 Å². The summed E-state index contributed by atoms with van der Waals surface area (Å²) in [6.07, 6.45) is 29.0. The average Bonchev–Trinajstić information content (AvgIpc) is 1.60. The predicted octanol–water partition coefficient (Wildman–Crippen LogP) is 18.7. The normalized spacial score (nSPS) is 22.1. The zero-order valence-corrected chi connectivity index (χ0v) is 76.0. The molecule has 24 rings (SSSR count).